The summed E-state index contributed by atoms with van der Waals surface area (Å²) < 4.78 is 0. The minimum absolute atomic E-state index is 0.259. The molecule has 0 amide bonds. The monoisotopic (exact) mass is 270 g/mol. The lowest BCUT2D eigenvalue weighted by atomic mass is 9.79. The average Bonchev–Trinajstić information content (AvgIpc) is 2.88. The van der Waals surface area contributed by atoms with Crippen molar-refractivity contribution >= 4 is 5.97 Å². The van der Waals surface area contributed by atoms with Gasteiger partial charge >= 0.3 is 5.97 Å². The molecule has 19 heavy (non-hydrogen) atoms. The summed E-state index contributed by atoms with van der Waals surface area (Å²) in [5.41, 5.74) is -0.697. The fourth-order valence-electron chi connectivity index (χ4n) is 3.14. The van der Waals surface area contributed by atoms with Crippen LogP contribution in [0.4, 0.5) is 0 Å². The van der Waals surface area contributed by atoms with Crippen LogP contribution in [0.2, 0.25) is 0 Å². The maximum absolute atomic E-state index is 10.9. The van der Waals surface area contributed by atoms with Crippen molar-refractivity contribution in [3.63, 3.8) is 0 Å². The number of carboxylic acid groups (broad SMARTS) is 1. The fraction of sp³-hybridized carbons (Fsp3) is 0.929. The van der Waals surface area contributed by atoms with Gasteiger partial charge in [-0.1, -0.05) is 0 Å². The summed E-state index contributed by atoms with van der Waals surface area (Å²) in [4.78, 5) is 13.3. The van der Waals surface area contributed by atoms with Gasteiger partial charge in [-0.15, -0.1) is 0 Å². The van der Waals surface area contributed by atoms with Crippen LogP contribution in [-0.2, 0) is 4.79 Å². The van der Waals surface area contributed by atoms with Gasteiger partial charge in [0.2, 0.25) is 0 Å². The molecule has 0 aromatic rings. The van der Waals surface area contributed by atoms with Crippen molar-refractivity contribution in [2.75, 3.05) is 32.7 Å². The van der Waals surface area contributed by atoms with Crippen LogP contribution in [0, 0.1) is 5.92 Å². The van der Waals surface area contributed by atoms with Crippen LogP contribution in [0.1, 0.15) is 38.5 Å². The van der Waals surface area contributed by atoms with Gasteiger partial charge in [-0.3, -0.25) is 4.79 Å². The van der Waals surface area contributed by atoms with Gasteiger partial charge in [-0.2, -0.15) is 0 Å². The Morgan fingerprint density at radius 3 is 2.47 bits per heavy atom. The SMILES string of the molecule is O=C(O)C1CCC(O)(CNCCN2CCCC2)CC1. The van der Waals surface area contributed by atoms with E-state index in [-0.39, 0.29) is 5.92 Å². The van der Waals surface area contributed by atoms with Crippen molar-refractivity contribution in [3.05, 3.63) is 0 Å². The number of nitrogens with zero attached hydrogens (tertiary/aromatic N) is 1. The van der Waals surface area contributed by atoms with E-state index in [0.717, 1.165) is 13.1 Å². The van der Waals surface area contributed by atoms with E-state index in [0.29, 0.717) is 32.2 Å². The number of likely N-dealkylation sites (tertiary alicyclic amines) is 1. The zero-order valence-corrected chi connectivity index (χ0v) is 11.6. The Kier molecular flexibility index (Phi) is 5.19. The van der Waals surface area contributed by atoms with Crippen LogP contribution in [0.25, 0.3) is 0 Å². The van der Waals surface area contributed by atoms with Crippen molar-refractivity contribution in [3.8, 4) is 0 Å². The third-order valence-corrected chi connectivity index (χ3v) is 4.52. The van der Waals surface area contributed by atoms with Gasteiger partial charge in [0, 0.05) is 19.6 Å². The summed E-state index contributed by atoms with van der Waals surface area (Å²) in [7, 11) is 0. The van der Waals surface area contributed by atoms with Crippen LogP contribution in [0.15, 0.2) is 0 Å². The molecule has 110 valence electrons. The van der Waals surface area contributed by atoms with Crippen molar-refractivity contribution < 1.29 is 15.0 Å². The van der Waals surface area contributed by atoms with Gasteiger partial charge < -0.3 is 20.4 Å². The topological polar surface area (TPSA) is 72.8 Å². The normalized spacial score (nSPS) is 32.6. The Labute approximate surface area is 115 Å². The first-order valence-electron chi connectivity index (χ1n) is 7.47. The summed E-state index contributed by atoms with van der Waals surface area (Å²) in [5, 5.41) is 22.7. The van der Waals surface area contributed by atoms with E-state index < -0.39 is 11.6 Å². The number of carboxylic acids is 1. The molecule has 3 N–H and O–H groups in total. The molecule has 2 rings (SSSR count). The number of rotatable bonds is 6. The van der Waals surface area contributed by atoms with Gasteiger partial charge in [0.1, 0.15) is 0 Å². The van der Waals surface area contributed by atoms with E-state index in [9.17, 15) is 9.90 Å². The minimum atomic E-state index is -0.718. The lowest BCUT2D eigenvalue weighted by molar-refractivity contribution is -0.144. The first-order valence-corrected chi connectivity index (χ1v) is 7.47. The zero-order valence-electron chi connectivity index (χ0n) is 11.6. The highest BCUT2D eigenvalue weighted by atomic mass is 16.4. The van der Waals surface area contributed by atoms with Crippen LogP contribution in [0.5, 0.6) is 0 Å². The molecule has 1 saturated carbocycles. The van der Waals surface area contributed by atoms with Crippen molar-refractivity contribution in [2.45, 2.75) is 44.1 Å². The average molecular weight is 270 g/mol. The first-order chi connectivity index (χ1) is 9.09. The molecule has 1 saturated heterocycles. The standard InChI is InChI=1S/C14H26N2O3/c17-13(18)12-3-5-14(19,6-4-12)11-15-7-10-16-8-1-2-9-16/h12,15,19H,1-11H2,(H,17,18). The molecule has 5 heteroatoms. The van der Waals surface area contributed by atoms with Crippen LogP contribution >= 0.6 is 0 Å². The molecule has 0 aromatic heterocycles. The number of nitrogens with one attached hydrogen (secondary N) is 1. The molecule has 5 nitrogen and oxygen atoms in total. The number of aliphatic carboxylic acids is 1. The van der Waals surface area contributed by atoms with E-state index in [4.69, 9.17) is 5.11 Å². The maximum atomic E-state index is 10.9. The smallest absolute Gasteiger partial charge is 0.306 e. The van der Waals surface area contributed by atoms with Gasteiger partial charge in [0.25, 0.3) is 0 Å². The molecule has 1 heterocycles. The second-order valence-corrected chi connectivity index (χ2v) is 6.06. The molecular weight excluding hydrogens is 244 g/mol. The predicted octanol–water partition coefficient (Wildman–Crippen LogP) is 0.678. The molecule has 1 aliphatic carbocycles. The quantitative estimate of drug-likeness (QED) is 0.619. The Balaban J connectivity index is 1.61. The molecule has 0 spiro atoms. The fourth-order valence-corrected chi connectivity index (χ4v) is 3.14. The summed E-state index contributed by atoms with van der Waals surface area (Å²) in [5.74, 6) is -0.978. The Morgan fingerprint density at radius 2 is 1.89 bits per heavy atom. The maximum Gasteiger partial charge on any atom is 0.306 e. The van der Waals surface area contributed by atoms with Crippen molar-refractivity contribution in [2.24, 2.45) is 5.92 Å². The number of hydrogen-bond acceptors (Lipinski definition) is 4. The van der Waals surface area contributed by atoms with Gasteiger partial charge in [-0.25, -0.2) is 0 Å². The molecule has 1 aliphatic heterocycles. The third kappa shape index (κ3) is 4.44. The van der Waals surface area contributed by atoms with E-state index in [2.05, 4.69) is 10.2 Å². The molecule has 0 radical (unpaired) electrons. The van der Waals surface area contributed by atoms with Crippen LogP contribution in [0.3, 0.4) is 0 Å². The number of carbonyl (C=O) groups is 1. The summed E-state index contributed by atoms with van der Waals surface area (Å²) in [6, 6.07) is 0. The summed E-state index contributed by atoms with van der Waals surface area (Å²) in [6.07, 6.45) is 5.00. The van der Waals surface area contributed by atoms with Crippen LogP contribution < -0.4 is 5.32 Å². The molecule has 0 bridgehead atoms. The zero-order chi connectivity index (χ0) is 13.7. The highest BCUT2D eigenvalue weighted by molar-refractivity contribution is 5.70. The van der Waals surface area contributed by atoms with Crippen molar-refractivity contribution in [1.29, 1.82) is 0 Å². The number of hydrogen-bond donors (Lipinski definition) is 3. The second kappa shape index (κ2) is 6.68. The van der Waals surface area contributed by atoms with Crippen molar-refractivity contribution in [1.82, 2.24) is 10.2 Å². The lowest BCUT2D eigenvalue weighted by Gasteiger charge is -2.35. The summed E-state index contributed by atoms with van der Waals surface area (Å²) >= 11 is 0. The molecule has 2 fully saturated rings. The Morgan fingerprint density at radius 1 is 1.26 bits per heavy atom. The highest BCUT2D eigenvalue weighted by Gasteiger charge is 2.35. The predicted molar refractivity (Wildman–Crippen MR) is 73.1 cm³/mol. The van der Waals surface area contributed by atoms with Gasteiger partial charge in [-0.05, 0) is 51.6 Å². The largest absolute Gasteiger partial charge is 0.481 e. The van der Waals surface area contributed by atoms with Gasteiger partial charge in [0.05, 0.1) is 11.5 Å². The molecular formula is C14H26N2O3. The second-order valence-electron chi connectivity index (χ2n) is 6.06. The molecule has 0 atom stereocenters. The molecule has 0 aromatic carbocycles. The first kappa shape index (κ1) is 14.8. The minimum Gasteiger partial charge on any atom is -0.481 e. The third-order valence-electron chi connectivity index (χ3n) is 4.52. The van der Waals surface area contributed by atoms with E-state index in [1.165, 1.54) is 25.9 Å². The molecule has 2 aliphatic rings. The van der Waals surface area contributed by atoms with E-state index >= 15 is 0 Å². The highest BCUT2D eigenvalue weighted by Crippen LogP contribution is 2.31. The van der Waals surface area contributed by atoms with Gasteiger partial charge in [0.15, 0.2) is 0 Å². The lowest BCUT2D eigenvalue weighted by Crippen LogP contribution is -2.45. The molecule has 0 unspecified atom stereocenters. The Hall–Kier alpha value is -0.650. The summed E-state index contributed by atoms with van der Waals surface area (Å²) in [6.45, 7) is 4.95. The van der Waals surface area contributed by atoms with E-state index in [1.54, 1.807) is 0 Å². The number of aliphatic hydroxyl groups is 1. The van der Waals surface area contributed by atoms with E-state index in [1.807, 2.05) is 0 Å². The van der Waals surface area contributed by atoms with Crippen LogP contribution in [-0.4, -0.2) is 59.4 Å². The Bertz CT molecular complexity index is 295.